The molecule has 0 radical (unpaired) electrons. The number of hydrogen-bond acceptors (Lipinski definition) is 3. The third-order valence-electron chi connectivity index (χ3n) is 2.86. The summed E-state index contributed by atoms with van der Waals surface area (Å²) in [7, 11) is 0. The molecule has 5 nitrogen and oxygen atoms in total. The van der Waals surface area contributed by atoms with Crippen LogP contribution >= 0.6 is 0 Å². The van der Waals surface area contributed by atoms with Crippen molar-refractivity contribution in [1.29, 1.82) is 0 Å². The molecule has 3 N–H and O–H groups in total. The molecule has 0 atom stereocenters. The Bertz CT molecular complexity index is 614. The lowest BCUT2D eigenvalue weighted by molar-refractivity contribution is 0.100. The van der Waals surface area contributed by atoms with E-state index in [4.69, 9.17) is 5.73 Å². The SMILES string of the molecule is NC(=O)c1cccc2[nH]c(N3C=CCC3)nc12. The molecule has 0 fully saturated rings. The molecule has 1 aromatic heterocycles. The summed E-state index contributed by atoms with van der Waals surface area (Å²) < 4.78 is 0. The van der Waals surface area contributed by atoms with Crippen molar-refractivity contribution in [3.05, 3.63) is 36.0 Å². The van der Waals surface area contributed by atoms with Crippen molar-refractivity contribution in [3.63, 3.8) is 0 Å². The summed E-state index contributed by atoms with van der Waals surface area (Å²) in [5.41, 5.74) is 7.24. The molecule has 1 aliphatic rings. The van der Waals surface area contributed by atoms with Gasteiger partial charge in [-0.25, -0.2) is 4.98 Å². The maximum Gasteiger partial charge on any atom is 0.250 e. The number of anilines is 1. The zero-order valence-electron chi connectivity index (χ0n) is 9.18. The Kier molecular flexibility index (Phi) is 2.11. The summed E-state index contributed by atoms with van der Waals surface area (Å²) in [5, 5.41) is 0. The van der Waals surface area contributed by atoms with Gasteiger partial charge >= 0.3 is 0 Å². The highest BCUT2D eigenvalue weighted by molar-refractivity contribution is 6.04. The normalized spacial score (nSPS) is 14.7. The van der Waals surface area contributed by atoms with Crippen LogP contribution in [0, 0.1) is 0 Å². The summed E-state index contributed by atoms with van der Waals surface area (Å²) in [6.45, 7) is 0.908. The number of aromatic nitrogens is 2. The second-order valence-electron chi connectivity index (χ2n) is 3.99. The zero-order chi connectivity index (χ0) is 11.8. The summed E-state index contributed by atoms with van der Waals surface area (Å²) in [4.78, 5) is 20.9. The number of nitrogens with one attached hydrogen (secondary N) is 1. The summed E-state index contributed by atoms with van der Waals surface area (Å²) in [5.74, 6) is 0.299. The zero-order valence-corrected chi connectivity index (χ0v) is 9.18. The van der Waals surface area contributed by atoms with Crippen molar-refractivity contribution in [2.24, 2.45) is 5.73 Å². The van der Waals surface area contributed by atoms with Crippen molar-refractivity contribution in [3.8, 4) is 0 Å². The van der Waals surface area contributed by atoms with Crippen LogP contribution in [-0.2, 0) is 0 Å². The van der Waals surface area contributed by atoms with E-state index in [1.54, 1.807) is 12.1 Å². The first kappa shape index (κ1) is 9.89. The molecule has 1 amide bonds. The number of para-hydroxylation sites is 1. The Morgan fingerprint density at radius 2 is 2.35 bits per heavy atom. The van der Waals surface area contributed by atoms with E-state index >= 15 is 0 Å². The molecule has 0 spiro atoms. The highest BCUT2D eigenvalue weighted by Gasteiger charge is 2.15. The molecular weight excluding hydrogens is 216 g/mol. The molecule has 2 aromatic rings. The van der Waals surface area contributed by atoms with Crippen LogP contribution in [0.15, 0.2) is 30.5 Å². The van der Waals surface area contributed by atoms with E-state index in [1.165, 1.54) is 0 Å². The number of benzene rings is 1. The fraction of sp³-hybridized carbons (Fsp3) is 0.167. The van der Waals surface area contributed by atoms with Crippen molar-refractivity contribution >= 4 is 22.9 Å². The van der Waals surface area contributed by atoms with Gasteiger partial charge in [-0.2, -0.15) is 0 Å². The topological polar surface area (TPSA) is 75.0 Å². The second kappa shape index (κ2) is 3.62. The molecule has 86 valence electrons. The molecule has 0 aliphatic carbocycles. The van der Waals surface area contributed by atoms with Gasteiger partial charge in [0, 0.05) is 12.7 Å². The van der Waals surface area contributed by atoms with Gasteiger partial charge in [0.1, 0.15) is 5.52 Å². The van der Waals surface area contributed by atoms with Crippen LogP contribution in [0.3, 0.4) is 0 Å². The lowest BCUT2D eigenvalue weighted by atomic mass is 10.2. The Hall–Kier alpha value is -2.30. The first-order chi connectivity index (χ1) is 8.25. The minimum absolute atomic E-state index is 0.452. The third kappa shape index (κ3) is 1.56. The predicted octanol–water partition coefficient (Wildman–Crippen LogP) is 1.39. The quantitative estimate of drug-likeness (QED) is 0.815. The average molecular weight is 228 g/mol. The fourth-order valence-corrected chi connectivity index (χ4v) is 2.02. The van der Waals surface area contributed by atoms with E-state index < -0.39 is 5.91 Å². The Labute approximate surface area is 97.9 Å². The maximum absolute atomic E-state index is 11.3. The van der Waals surface area contributed by atoms with Crippen LogP contribution in [0.4, 0.5) is 5.95 Å². The lowest BCUT2D eigenvalue weighted by Crippen LogP contribution is -2.13. The van der Waals surface area contributed by atoms with E-state index in [9.17, 15) is 4.79 Å². The number of nitrogens with two attached hydrogens (primary N) is 1. The summed E-state index contributed by atoms with van der Waals surface area (Å²) >= 11 is 0. The molecule has 17 heavy (non-hydrogen) atoms. The molecule has 3 rings (SSSR count). The Balaban J connectivity index is 2.15. The second-order valence-corrected chi connectivity index (χ2v) is 3.99. The van der Waals surface area contributed by atoms with Crippen molar-refractivity contribution in [1.82, 2.24) is 9.97 Å². The minimum Gasteiger partial charge on any atom is -0.366 e. The molecule has 2 heterocycles. The first-order valence-electron chi connectivity index (χ1n) is 5.47. The van der Waals surface area contributed by atoms with E-state index in [0.717, 1.165) is 24.4 Å². The third-order valence-corrected chi connectivity index (χ3v) is 2.86. The van der Waals surface area contributed by atoms with Crippen molar-refractivity contribution in [2.45, 2.75) is 6.42 Å². The van der Waals surface area contributed by atoms with E-state index in [-0.39, 0.29) is 0 Å². The number of carbonyl (C=O) groups is 1. The monoisotopic (exact) mass is 228 g/mol. The van der Waals surface area contributed by atoms with Gasteiger partial charge in [0.25, 0.3) is 5.91 Å². The van der Waals surface area contributed by atoms with Crippen LogP contribution in [0.5, 0.6) is 0 Å². The maximum atomic E-state index is 11.3. The van der Waals surface area contributed by atoms with Gasteiger partial charge in [-0.3, -0.25) is 4.79 Å². The number of amides is 1. The van der Waals surface area contributed by atoms with Crippen LogP contribution < -0.4 is 10.6 Å². The molecule has 0 bridgehead atoms. The van der Waals surface area contributed by atoms with Gasteiger partial charge in [0.2, 0.25) is 5.95 Å². The van der Waals surface area contributed by atoms with Gasteiger partial charge in [-0.05, 0) is 18.6 Å². The molecule has 0 saturated heterocycles. The van der Waals surface area contributed by atoms with Gasteiger partial charge in [0.15, 0.2) is 0 Å². The van der Waals surface area contributed by atoms with Gasteiger partial charge in [-0.1, -0.05) is 12.1 Å². The molecule has 5 heteroatoms. The number of imidazole rings is 1. The number of rotatable bonds is 2. The average Bonchev–Trinajstić information content (AvgIpc) is 2.96. The van der Waals surface area contributed by atoms with Gasteiger partial charge in [-0.15, -0.1) is 0 Å². The number of carbonyl (C=O) groups excluding carboxylic acids is 1. The minimum atomic E-state index is -0.453. The number of H-pyrrole nitrogens is 1. The highest BCUT2D eigenvalue weighted by Crippen LogP contribution is 2.22. The molecule has 0 unspecified atom stereocenters. The van der Waals surface area contributed by atoms with Gasteiger partial charge in [0.05, 0.1) is 11.1 Å². The lowest BCUT2D eigenvalue weighted by Gasteiger charge is -2.09. The number of nitrogens with zero attached hydrogens (tertiary/aromatic N) is 2. The predicted molar refractivity (Wildman–Crippen MR) is 65.7 cm³/mol. The van der Waals surface area contributed by atoms with Gasteiger partial charge < -0.3 is 15.6 Å². The fourth-order valence-electron chi connectivity index (χ4n) is 2.02. The smallest absolute Gasteiger partial charge is 0.250 e. The molecule has 1 aliphatic heterocycles. The summed E-state index contributed by atoms with van der Waals surface area (Å²) in [6.07, 6.45) is 5.09. The number of hydrogen-bond donors (Lipinski definition) is 2. The Morgan fingerprint density at radius 3 is 3.06 bits per heavy atom. The van der Waals surface area contributed by atoms with Crippen molar-refractivity contribution in [2.75, 3.05) is 11.4 Å². The summed E-state index contributed by atoms with van der Waals surface area (Å²) in [6, 6.07) is 5.37. The van der Waals surface area contributed by atoms with Crippen LogP contribution in [0.2, 0.25) is 0 Å². The van der Waals surface area contributed by atoms with Crippen LogP contribution in [0.1, 0.15) is 16.8 Å². The number of fused-ring (bicyclic) bond motifs is 1. The molecule has 0 saturated carbocycles. The van der Waals surface area contributed by atoms with Crippen LogP contribution in [0.25, 0.3) is 11.0 Å². The number of aromatic amines is 1. The van der Waals surface area contributed by atoms with Crippen molar-refractivity contribution < 1.29 is 4.79 Å². The number of primary amides is 1. The van der Waals surface area contributed by atoms with E-state index in [2.05, 4.69) is 16.0 Å². The first-order valence-corrected chi connectivity index (χ1v) is 5.47. The molecular formula is C12H12N4O. The molecule has 1 aromatic carbocycles. The largest absolute Gasteiger partial charge is 0.366 e. The van der Waals surface area contributed by atoms with E-state index in [0.29, 0.717) is 11.1 Å². The highest BCUT2D eigenvalue weighted by atomic mass is 16.1. The van der Waals surface area contributed by atoms with E-state index in [1.807, 2.05) is 17.2 Å². The Morgan fingerprint density at radius 1 is 1.47 bits per heavy atom. The standard InChI is InChI=1S/C12H12N4O/c13-11(17)8-4-3-5-9-10(8)15-12(14-9)16-6-1-2-7-16/h1,3-6H,2,7H2,(H2,13,17)(H,14,15). The van der Waals surface area contributed by atoms with Crippen LogP contribution in [-0.4, -0.2) is 22.4 Å².